The van der Waals surface area contributed by atoms with E-state index in [9.17, 15) is 22.8 Å². The van der Waals surface area contributed by atoms with Crippen LogP contribution in [0.2, 0.25) is 5.02 Å². The Morgan fingerprint density at radius 1 is 1.17 bits per heavy atom. The topological polar surface area (TPSA) is 164 Å². The summed E-state index contributed by atoms with van der Waals surface area (Å²) in [6.45, 7) is 2.62. The molecular weight excluding hydrogens is 522 g/mol. The van der Waals surface area contributed by atoms with E-state index in [4.69, 9.17) is 40.0 Å². The number of hydrogen-bond donors (Lipinski definition) is 1. The predicted octanol–water partition coefficient (Wildman–Crippen LogP) is 1.49. The van der Waals surface area contributed by atoms with Crippen molar-refractivity contribution in [2.45, 2.75) is 38.8 Å². The standard InChI is InChI=1S/C21H28ClN3O10S/c1-21(2,10-33-19(27)16-15(31-3)8-6-13(22)17(16)32-4)11-34-36(29,30)35-25-12-5-7-14(18(23)26)24(9-12)20(25)28/h6,8,12,14H,5,7,9-11H2,1-4H3,(H2,23,26). The quantitative estimate of drug-likeness (QED) is 0.400. The number of methoxy groups -OCH3 is 2. The van der Waals surface area contributed by atoms with Crippen LogP contribution in [0.1, 0.15) is 37.0 Å². The number of ether oxygens (including phenoxy) is 3. The molecular formula is C21H28ClN3O10S. The molecule has 2 atom stereocenters. The maximum atomic E-state index is 12.7. The summed E-state index contributed by atoms with van der Waals surface area (Å²) in [5.74, 6) is -1.22. The van der Waals surface area contributed by atoms with Gasteiger partial charge in [0.05, 0.1) is 38.5 Å². The van der Waals surface area contributed by atoms with Gasteiger partial charge in [0, 0.05) is 12.0 Å². The summed E-state index contributed by atoms with van der Waals surface area (Å²) in [6, 6.07) is 0.810. The molecule has 2 fully saturated rings. The SMILES string of the molecule is COc1ccc(Cl)c(OC)c1C(=O)OCC(C)(C)COS(=O)(=O)ON1C(=O)N2CC1CCC2C(N)=O. The lowest BCUT2D eigenvalue weighted by Crippen LogP contribution is -2.47. The largest absolute Gasteiger partial charge is 0.496 e. The number of carbonyl (C=O) groups excluding carboxylic acids is 3. The van der Waals surface area contributed by atoms with Gasteiger partial charge in [-0.2, -0.15) is 13.5 Å². The molecule has 3 rings (SSSR count). The Morgan fingerprint density at radius 2 is 1.86 bits per heavy atom. The van der Waals surface area contributed by atoms with Gasteiger partial charge in [-0.25, -0.2) is 13.8 Å². The summed E-state index contributed by atoms with van der Waals surface area (Å²) in [4.78, 5) is 38.0. The fraction of sp³-hybridized carbons (Fsp3) is 0.571. The van der Waals surface area contributed by atoms with Crippen molar-refractivity contribution in [3.63, 3.8) is 0 Å². The third kappa shape index (κ3) is 5.94. The van der Waals surface area contributed by atoms with Crippen molar-refractivity contribution >= 4 is 39.9 Å². The van der Waals surface area contributed by atoms with Crippen LogP contribution in [-0.4, -0.2) is 82.4 Å². The van der Waals surface area contributed by atoms with Crippen LogP contribution in [0.4, 0.5) is 4.79 Å². The Morgan fingerprint density at radius 3 is 2.47 bits per heavy atom. The molecule has 2 aliphatic rings. The molecule has 1 aromatic carbocycles. The second-order valence-electron chi connectivity index (χ2n) is 9.05. The van der Waals surface area contributed by atoms with Gasteiger partial charge in [-0.3, -0.25) is 4.79 Å². The first kappa shape index (κ1) is 27.8. The van der Waals surface area contributed by atoms with Gasteiger partial charge in [0.25, 0.3) is 0 Å². The number of nitrogens with two attached hydrogens (primary N) is 1. The number of hydrogen-bond acceptors (Lipinski definition) is 10. The van der Waals surface area contributed by atoms with E-state index in [1.54, 1.807) is 13.8 Å². The Kier molecular flexibility index (Phi) is 8.23. The molecule has 2 bridgehead atoms. The van der Waals surface area contributed by atoms with Crippen LogP contribution < -0.4 is 15.2 Å². The molecule has 0 aromatic heterocycles. The van der Waals surface area contributed by atoms with Crippen molar-refractivity contribution in [1.82, 2.24) is 9.96 Å². The number of hydroxylamine groups is 2. The normalized spacial score (nSPS) is 19.9. The molecule has 2 heterocycles. The molecule has 0 aliphatic carbocycles. The molecule has 1 aromatic rings. The second kappa shape index (κ2) is 10.7. The molecule has 0 saturated carbocycles. The van der Waals surface area contributed by atoms with E-state index in [-0.39, 0.29) is 35.2 Å². The fourth-order valence-corrected chi connectivity index (χ4v) is 4.98. The minimum atomic E-state index is -4.66. The van der Waals surface area contributed by atoms with Gasteiger partial charge in [-0.05, 0) is 25.0 Å². The highest BCUT2D eigenvalue weighted by molar-refractivity contribution is 7.81. The second-order valence-corrected chi connectivity index (χ2v) is 10.7. The number of piperidine rings is 1. The van der Waals surface area contributed by atoms with Crippen LogP contribution in [-0.2, 0) is 28.4 Å². The molecule has 0 radical (unpaired) electrons. The van der Waals surface area contributed by atoms with Crippen LogP contribution in [0.25, 0.3) is 0 Å². The van der Waals surface area contributed by atoms with E-state index in [1.165, 1.54) is 31.3 Å². The number of nitrogens with zero attached hydrogens (tertiary/aromatic N) is 2. The van der Waals surface area contributed by atoms with Gasteiger partial charge >= 0.3 is 22.4 Å². The number of benzene rings is 1. The van der Waals surface area contributed by atoms with Crippen LogP contribution in [0.15, 0.2) is 12.1 Å². The molecule has 2 unspecified atom stereocenters. The Balaban J connectivity index is 1.60. The van der Waals surface area contributed by atoms with Gasteiger partial charge < -0.3 is 24.8 Å². The Hall–Kier alpha value is -2.81. The highest BCUT2D eigenvalue weighted by Gasteiger charge is 2.49. The minimum Gasteiger partial charge on any atom is -0.496 e. The molecule has 2 N–H and O–H groups in total. The maximum absolute atomic E-state index is 12.7. The van der Waals surface area contributed by atoms with Gasteiger partial charge in [0.2, 0.25) is 5.91 Å². The number of primary amides is 1. The average molecular weight is 550 g/mol. The van der Waals surface area contributed by atoms with E-state index in [2.05, 4.69) is 0 Å². The molecule has 3 amide bonds. The highest BCUT2D eigenvalue weighted by Crippen LogP contribution is 2.36. The summed E-state index contributed by atoms with van der Waals surface area (Å²) < 4.78 is 50.5. The van der Waals surface area contributed by atoms with Crippen molar-refractivity contribution in [2.75, 3.05) is 34.0 Å². The van der Waals surface area contributed by atoms with Gasteiger partial charge in [0.15, 0.2) is 5.75 Å². The van der Waals surface area contributed by atoms with Gasteiger partial charge in [0.1, 0.15) is 17.4 Å². The van der Waals surface area contributed by atoms with E-state index in [0.29, 0.717) is 17.9 Å². The number of esters is 1. The van der Waals surface area contributed by atoms with Crippen LogP contribution in [0, 0.1) is 5.41 Å². The zero-order chi connectivity index (χ0) is 26.8. The van der Waals surface area contributed by atoms with E-state index in [1.807, 2.05) is 0 Å². The Bertz CT molecular complexity index is 1140. The fourth-order valence-electron chi connectivity index (χ4n) is 3.85. The van der Waals surface area contributed by atoms with Crippen LogP contribution in [0.5, 0.6) is 11.5 Å². The van der Waals surface area contributed by atoms with Gasteiger partial charge in [-0.15, -0.1) is 4.28 Å². The Labute approximate surface area is 213 Å². The lowest BCUT2D eigenvalue weighted by molar-refractivity contribution is -0.122. The number of fused-ring (bicyclic) bond motifs is 2. The first-order valence-corrected chi connectivity index (χ1v) is 12.6. The smallest absolute Gasteiger partial charge is 0.421 e. The first-order chi connectivity index (χ1) is 16.8. The molecule has 200 valence electrons. The van der Waals surface area contributed by atoms with E-state index >= 15 is 0 Å². The molecule has 2 aliphatic heterocycles. The molecule has 36 heavy (non-hydrogen) atoms. The number of carbonyl (C=O) groups is 3. The number of halogens is 1. The van der Waals surface area contributed by atoms with Crippen LogP contribution >= 0.6 is 11.6 Å². The first-order valence-electron chi connectivity index (χ1n) is 10.9. The van der Waals surface area contributed by atoms with Crippen molar-refractivity contribution in [3.8, 4) is 11.5 Å². The number of urea groups is 1. The van der Waals surface area contributed by atoms with E-state index < -0.39 is 52.4 Å². The summed E-state index contributed by atoms with van der Waals surface area (Å²) in [5.41, 5.74) is 4.30. The minimum absolute atomic E-state index is 0.0249. The third-order valence-corrected chi connectivity index (χ3v) is 6.76. The summed E-state index contributed by atoms with van der Waals surface area (Å²) >= 11 is 6.09. The zero-order valence-electron chi connectivity index (χ0n) is 20.2. The molecule has 13 nitrogen and oxygen atoms in total. The number of amides is 3. The summed E-state index contributed by atoms with van der Waals surface area (Å²) in [7, 11) is -1.96. The monoisotopic (exact) mass is 549 g/mol. The van der Waals surface area contributed by atoms with Crippen LogP contribution in [0.3, 0.4) is 0 Å². The summed E-state index contributed by atoms with van der Waals surface area (Å²) in [6.07, 6.45) is 0.635. The molecule has 15 heteroatoms. The number of rotatable bonds is 11. The maximum Gasteiger partial charge on any atom is 0.421 e. The van der Waals surface area contributed by atoms with Crippen molar-refractivity contribution in [2.24, 2.45) is 11.1 Å². The summed E-state index contributed by atoms with van der Waals surface area (Å²) in [5, 5.41) is 0.860. The third-order valence-electron chi connectivity index (χ3n) is 5.71. The average Bonchev–Trinajstić information content (AvgIpc) is 3.05. The van der Waals surface area contributed by atoms with Crippen molar-refractivity contribution in [3.05, 3.63) is 22.7 Å². The zero-order valence-corrected chi connectivity index (χ0v) is 21.8. The highest BCUT2D eigenvalue weighted by atomic mass is 35.5. The van der Waals surface area contributed by atoms with Crippen molar-refractivity contribution < 1.29 is 45.5 Å². The lowest BCUT2D eigenvalue weighted by atomic mass is 9.96. The lowest BCUT2D eigenvalue weighted by Gasteiger charge is -2.27. The predicted molar refractivity (Wildman–Crippen MR) is 125 cm³/mol. The molecule has 0 spiro atoms. The van der Waals surface area contributed by atoms with E-state index in [0.717, 1.165) is 0 Å². The molecule has 2 saturated heterocycles. The van der Waals surface area contributed by atoms with Crippen molar-refractivity contribution in [1.29, 1.82) is 0 Å². The van der Waals surface area contributed by atoms with Gasteiger partial charge in [-0.1, -0.05) is 25.4 Å².